The van der Waals surface area contributed by atoms with Crippen LogP contribution in [-0.4, -0.2) is 33.9 Å². The Bertz CT molecular complexity index is 992. The van der Waals surface area contributed by atoms with Gasteiger partial charge in [0.2, 0.25) is 0 Å². The number of rotatable bonds is 3. The quantitative estimate of drug-likeness (QED) is 0.686. The highest BCUT2D eigenvalue weighted by atomic mass is 35.5. The summed E-state index contributed by atoms with van der Waals surface area (Å²) in [6.45, 7) is 3.24. The van der Waals surface area contributed by atoms with Crippen molar-refractivity contribution < 1.29 is 9.53 Å². The lowest BCUT2D eigenvalue weighted by Gasteiger charge is -2.19. The number of halogens is 1. The van der Waals surface area contributed by atoms with Gasteiger partial charge in [-0.05, 0) is 42.3 Å². The van der Waals surface area contributed by atoms with Crippen LogP contribution in [0.4, 0.5) is 0 Å². The number of aryl methyl sites for hydroxylation is 1. The number of carbonyl (C=O) groups excluding carboxylic acids is 1. The summed E-state index contributed by atoms with van der Waals surface area (Å²) in [6.07, 6.45) is 3.35. The lowest BCUT2D eigenvalue weighted by molar-refractivity contribution is 0.0738. The summed E-state index contributed by atoms with van der Waals surface area (Å²) in [5.74, 6) is 1.09. The van der Waals surface area contributed by atoms with E-state index in [-0.39, 0.29) is 5.91 Å². The van der Waals surface area contributed by atoms with Gasteiger partial charge in [0.15, 0.2) is 0 Å². The maximum absolute atomic E-state index is 13.1. The van der Waals surface area contributed by atoms with Gasteiger partial charge in [0.05, 0.1) is 18.7 Å². The highest BCUT2D eigenvalue weighted by Gasteiger charge is 2.25. The molecule has 0 unspecified atom stereocenters. The van der Waals surface area contributed by atoms with Gasteiger partial charge in [0.25, 0.3) is 5.91 Å². The van der Waals surface area contributed by atoms with Gasteiger partial charge in [0.1, 0.15) is 18.2 Å². The van der Waals surface area contributed by atoms with Crippen molar-refractivity contribution in [1.82, 2.24) is 14.9 Å². The molecule has 1 aromatic heterocycles. The van der Waals surface area contributed by atoms with E-state index >= 15 is 0 Å². The van der Waals surface area contributed by atoms with Crippen LogP contribution in [0.3, 0.4) is 0 Å². The molecule has 0 fully saturated rings. The molecule has 4 rings (SSSR count). The fraction of sp³-hybridized carbons (Fsp3) is 0.190. The lowest BCUT2D eigenvalue weighted by Crippen LogP contribution is -2.32. The monoisotopic (exact) mass is 379 g/mol. The van der Waals surface area contributed by atoms with Crippen molar-refractivity contribution >= 4 is 17.5 Å². The largest absolute Gasteiger partial charge is 0.491 e. The SMILES string of the molecule is Cc1ccc(-c2ccc3c(c2)C(=O)N(Cc2ncccn2)CCO3)c(Cl)c1. The first kappa shape index (κ1) is 17.5. The minimum atomic E-state index is -0.0972. The Morgan fingerprint density at radius 2 is 1.93 bits per heavy atom. The molecule has 1 amide bonds. The third-order valence-corrected chi connectivity index (χ3v) is 4.82. The first-order valence-corrected chi connectivity index (χ1v) is 9.08. The number of fused-ring (bicyclic) bond motifs is 1. The molecule has 6 heteroatoms. The maximum atomic E-state index is 13.1. The smallest absolute Gasteiger partial charge is 0.258 e. The van der Waals surface area contributed by atoms with Crippen LogP contribution >= 0.6 is 11.6 Å². The molecule has 0 aliphatic carbocycles. The van der Waals surface area contributed by atoms with Crippen LogP contribution in [0, 0.1) is 6.92 Å². The van der Waals surface area contributed by atoms with E-state index in [1.807, 2.05) is 43.3 Å². The summed E-state index contributed by atoms with van der Waals surface area (Å²) in [6, 6.07) is 13.3. The van der Waals surface area contributed by atoms with Crippen LogP contribution in [0.2, 0.25) is 5.02 Å². The molecule has 1 aliphatic heterocycles. The van der Waals surface area contributed by atoms with Crippen molar-refractivity contribution in [3.63, 3.8) is 0 Å². The van der Waals surface area contributed by atoms with Crippen molar-refractivity contribution in [3.05, 3.63) is 76.8 Å². The number of amides is 1. The lowest BCUT2D eigenvalue weighted by atomic mass is 10.0. The zero-order valence-corrected chi connectivity index (χ0v) is 15.6. The van der Waals surface area contributed by atoms with Crippen molar-refractivity contribution in [3.8, 4) is 16.9 Å². The molecule has 2 heterocycles. The highest BCUT2D eigenvalue weighted by molar-refractivity contribution is 6.33. The van der Waals surface area contributed by atoms with Crippen LogP contribution in [0.15, 0.2) is 54.9 Å². The molecule has 0 radical (unpaired) electrons. The minimum Gasteiger partial charge on any atom is -0.491 e. The van der Waals surface area contributed by atoms with Crippen LogP contribution in [0.25, 0.3) is 11.1 Å². The average Bonchev–Trinajstić information content (AvgIpc) is 2.82. The predicted octanol–water partition coefficient (Wildman–Crippen LogP) is 4.14. The van der Waals surface area contributed by atoms with Crippen LogP contribution in [0.5, 0.6) is 5.75 Å². The van der Waals surface area contributed by atoms with Gasteiger partial charge in [-0.2, -0.15) is 0 Å². The molecule has 5 nitrogen and oxygen atoms in total. The number of nitrogens with zero attached hydrogens (tertiary/aromatic N) is 3. The fourth-order valence-corrected chi connectivity index (χ4v) is 3.46. The van der Waals surface area contributed by atoms with Crippen LogP contribution in [0.1, 0.15) is 21.7 Å². The normalized spacial score (nSPS) is 13.7. The average molecular weight is 380 g/mol. The van der Waals surface area contributed by atoms with Gasteiger partial charge in [-0.15, -0.1) is 0 Å². The molecular weight excluding hydrogens is 362 g/mol. The summed E-state index contributed by atoms with van der Waals surface area (Å²) >= 11 is 6.41. The first-order chi connectivity index (χ1) is 13.1. The summed E-state index contributed by atoms with van der Waals surface area (Å²) in [5, 5.41) is 0.659. The number of benzene rings is 2. The van der Waals surface area contributed by atoms with E-state index in [4.69, 9.17) is 16.3 Å². The Balaban J connectivity index is 1.69. The summed E-state index contributed by atoms with van der Waals surface area (Å²) in [7, 11) is 0. The molecule has 0 spiro atoms. The van der Waals surface area contributed by atoms with Gasteiger partial charge < -0.3 is 9.64 Å². The Labute approximate surface area is 162 Å². The first-order valence-electron chi connectivity index (χ1n) is 8.70. The number of hydrogen-bond acceptors (Lipinski definition) is 4. The van der Waals surface area contributed by atoms with E-state index in [1.165, 1.54) is 0 Å². The fourth-order valence-electron chi connectivity index (χ4n) is 3.12. The summed E-state index contributed by atoms with van der Waals surface area (Å²) in [4.78, 5) is 23.3. The van der Waals surface area contributed by atoms with E-state index in [9.17, 15) is 4.79 Å². The van der Waals surface area contributed by atoms with Gasteiger partial charge in [0, 0.05) is 23.0 Å². The maximum Gasteiger partial charge on any atom is 0.258 e. The van der Waals surface area contributed by atoms with Crippen molar-refractivity contribution in [2.24, 2.45) is 0 Å². The zero-order valence-electron chi connectivity index (χ0n) is 14.9. The van der Waals surface area contributed by atoms with E-state index < -0.39 is 0 Å². The Hall–Kier alpha value is -2.92. The molecule has 3 aromatic rings. The predicted molar refractivity (Wildman–Crippen MR) is 104 cm³/mol. The van der Waals surface area contributed by atoms with Gasteiger partial charge in [-0.3, -0.25) is 4.79 Å². The molecule has 136 valence electrons. The summed E-state index contributed by atoms with van der Waals surface area (Å²) in [5.41, 5.74) is 3.39. The topological polar surface area (TPSA) is 55.3 Å². The second-order valence-electron chi connectivity index (χ2n) is 6.43. The van der Waals surface area contributed by atoms with Crippen molar-refractivity contribution in [1.29, 1.82) is 0 Å². The number of aromatic nitrogens is 2. The molecule has 2 aromatic carbocycles. The van der Waals surface area contributed by atoms with Gasteiger partial charge in [-0.25, -0.2) is 9.97 Å². The minimum absolute atomic E-state index is 0.0972. The van der Waals surface area contributed by atoms with Crippen molar-refractivity contribution in [2.75, 3.05) is 13.2 Å². The molecule has 27 heavy (non-hydrogen) atoms. The van der Waals surface area contributed by atoms with Gasteiger partial charge in [-0.1, -0.05) is 29.8 Å². The second-order valence-corrected chi connectivity index (χ2v) is 6.84. The second kappa shape index (κ2) is 7.37. The van der Waals surface area contributed by atoms with Gasteiger partial charge >= 0.3 is 0 Å². The Kier molecular flexibility index (Phi) is 4.77. The van der Waals surface area contributed by atoms with E-state index in [0.717, 1.165) is 16.7 Å². The van der Waals surface area contributed by atoms with Crippen LogP contribution in [-0.2, 0) is 6.54 Å². The third-order valence-electron chi connectivity index (χ3n) is 4.50. The molecule has 0 saturated heterocycles. The molecule has 1 aliphatic rings. The van der Waals surface area contributed by atoms with E-state index in [1.54, 1.807) is 23.4 Å². The van der Waals surface area contributed by atoms with E-state index in [0.29, 0.717) is 41.9 Å². The summed E-state index contributed by atoms with van der Waals surface area (Å²) < 4.78 is 5.79. The number of carbonyl (C=O) groups is 1. The molecule has 0 bridgehead atoms. The highest BCUT2D eigenvalue weighted by Crippen LogP contribution is 2.33. The molecule has 0 N–H and O–H groups in total. The Morgan fingerprint density at radius 3 is 2.70 bits per heavy atom. The third kappa shape index (κ3) is 3.64. The standard InChI is InChI=1S/C21H18ClN3O2/c1-14-3-5-16(18(22)11-14)15-4-6-19-17(12-15)21(26)25(9-10-27-19)13-20-23-7-2-8-24-20/h2-8,11-12H,9-10,13H2,1H3. The zero-order chi connectivity index (χ0) is 18.8. The van der Waals surface area contributed by atoms with Crippen LogP contribution < -0.4 is 4.74 Å². The molecular formula is C21H18ClN3O2. The van der Waals surface area contributed by atoms with Crippen molar-refractivity contribution in [2.45, 2.75) is 13.5 Å². The van der Waals surface area contributed by atoms with E-state index in [2.05, 4.69) is 9.97 Å². The number of hydrogen-bond donors (Lipinski definition) is 0. The molecule has 0 saturated carbocycles. The Morgan fingerprint density at radius 1 is 1.11 bits per heavy atom. The number of ether oxygens (including phenoxy) is 1. The molecule has 0 atom stereocenters.